The summed E-state index contributed by atoms with van der Waals surface area (Å²) in [5.41, 5.74) is 5.61. The number of nitrogens with zero attached hydrogens (tertiary/aromatic N) is 1. The molecule has 6 nitrogen and oxygen atoms in total. The van der Waals surface area contributed by atoms with Crippen LogP contribution in [0.4, 0.5) is 4.79 Å². The molecule has 6 heteroatoms. The number of rotatable bonds is 4. The topological polar surface area (TPSA) is 87.5 Å². The number of nitrogens with one attached hydrogen (secondary N) is 2. The predicted molar refractivity (Wildman–Crippen MR) is 65.4 cm³/mol. The van der Waals surface area contributed by atoms with Gasteiger partial charge in [-0.25, -0.2) is 4.79 Å². The third-order valence-electron chi connectivity index (χ3n) is 3.18. The number of hydrogen-bond donors (Lipinski definition) is 3. The second-order valence-electron chi connectivity index (χ2n) is 4.40. The first-order valence-corrected chi connectivity index (χ1v) is 6.09. The van der Waals surface area contributed by atoms with E-state index in [0.717, 1.165) is 32.5 Å². The summed E-state index contributed by atoms with van der Waals surface area (Å²) in [6.07, 6.45) is 2.57. The second-order valence-corrected chi connectivity index (χ2v) is 4.40. The van der Waals surface area contributed by atoms with Gasteiger partial charge < -0.3 is 16.0 Å². The molecule has 0 aromatic rings. The number of carbonyl (C=O) groups excluding carboxylic acids is 2. The fraction of sp³-hybridized carbons (Fsp3) is 0.818. The quantitative estimate of drug-likeness (QED) is 0.620. The van der Waals surface area contributed by atoms with E-state index in [0.29, 0.717) is 18.9 Å². The molecular formula is C11H22N4O2. The molecule has 98 valence electrons. The van der Waals surface area contributed by atoms with Gasteiger partial charge in [-0.3, -0.25) is 10.1 Å². The highest BCUT2D eigenvalue weighted by atomic mass is 16.2. The Morgan fingerprint density at radius 2 is 2.00 bits per heavy atom. The molecular weight excluding hydrogens is 220 g/mol. The van der Waals surface area contributed by atoms with Crippen molar-refractivity contribution in [3.63, 3.8) is 0 Å². The molecule has 17 heavy (non-hydrogen) atoms. The summed E-state index contributed by atoms with van der Waals surface area (Å²) in [7, 11) is 1.49. The lowest BCUT2D eigenvalue weighted by molar-refractivity contribution is -0.120. The van der Waals surface area contributed by atoms with E-state index in [1.54, 1.807) is 0 Å². The fourth-order valence-corrected chi connectivity index (χ4v) is 1.96. The molecule has 0 unspecified atom stereocenters. The van der Waals surface area contributed by atoms with Crippen LogP contribution in [-0.2, 0) is 4.79 Å². The van der Waals surface area contributed by atoms with Crippen LogP contribution in [0.2, 0.25) is 0 Å². The van der Waals surface area contributed by atoms with Crippen molar-refractivity contribution in [2.45, 2.75) is 19.3 Å². The molecule has 1 aliphatic heterocycles. The molecule has 0 radical (unpaired) electrons. The minimum atomic E-state index is -0.447. The summed E-state index contributed by atoms with van der Waals surface area (Å²) >= 11 is 0. The summed E-state index contributed by atoms with van der Waals surface area (Å²) in [6.45, 7) is 3.45. The number of carbonyl (C=O) groups is 2. The monoisotopic (exact) mass is 242 g/mol. The Bertz CT molecular complexity index is 262. The van der Waals surface area contributed by atoms with Gasteiger partial charge in [-0.15, -0.1) is 0 Å². The third kappa shape index (κ3) is 5.14. The molecule has 1 aliphatic rings. The molecule has 0 bridgehead atoms. The zero-order valence-electron chi connectivity index (χ0n) is 10.4. The van der Waals surface area contributed by atoms with Crippen LogP contribution in [0.3, 0.4) is 0 Å². The van der Waals surface area contributed by atoms with Gasteiger partial charge in [0, 0.05) is 20.0 Å². The molecule has 1 fully saturated rings. The van der Waals surface area contributed by atoms with Crippen LogP contribution in [-0.4, -0.2) is 50.1 Å². The maximum atomic E-state index is 11.4. The van der Waals surface area contributed by atoms with Crippen LogP contribution in [0.25, 0.3) is 0 Å². The Morgan fingerprint density at radius 3 is 2.53 bits per heavy atom. The van der Waals surface area contributed by atoms with Gasteiger partial charge in [-0.1, -0.05) is 0 Å². The van der Waals surface area contributed by atoms with E-state index in [1.807, 2.05) is 0 Å². The average molecular weight is 242 g/mol. The molecule has 1 rings (SSSR count). The van der Waals surface area contributed by atoms with Gasteiger partial charge in [0.15, 0.2) is 0 Å². The summed E-state index contributed by atoms with van der Waals surface area (Å²) in [6, 6.07) is -0.447. The van der Waals surface area contributed by atoms with Crippen LogP contribution >= 0.6 is 0 Å². The highest BCUT2D eigenvalue weighted by Gasteiger charge is 2.18. The van der Waals surface area contributed by atoms with E-state index in [4.69, 9.17) is 5.73 Å². The van der Waals surface area contributed by atoms with E-state index >= 15 is 0 Å². The highest BCUT2D eigenvalue weighted by molar-refractivity contribution is 5.94. The van der Waals surface area contributed by atoms with Crippen molar-refractivity contribution >= 4 is 11.9 Å². The van der Waals surface area contributed by atoms with Crippen molar-refractivity contribution in [2.75, 3.05) is 33.2 Å². The zero-order valence-corrected chi connectivity index (χ0v) is 10.4. The van der Waals surface area contributed by atoms with Gasteiger partial charge in [0.1, 0.15) is 0 Å². The maximum absolute atomic E-state index is 11.4. The molecule has 4 N–H and O–H groups in total. The predicted octanol–water partition coefficient (Wildman–Crippen LogP) is -0.497. The lowest BCUT2D eigenvalue weighted by Crippen LogP contribution is -2.41. The molecule has 0 atom stereocenters. The SMILES string of the molecule is CNC(=O)NC(=O)CCN1CCC(CN)CC1. The summed E-state index contributed by atoms with van der Waals surface area (Å²) in [5.74, 6) is 0.399. The standard InChI is InChI=1S/C11H22N4O2/c1-13-11(17)14-10(16)4-7-15-5-2-9(8-12)3-6-15/h9H,2-8,12H2,1H3,(H2,13,14,16,17). The number of imide groups is 1. The van der Waals surface area contributed by atoms with Crippen molar-refractivity contribution in [2.24, 2.45) is 11.7 Å². The normalized spacial score (nSPS) is 17.8. The summed E-state index contributed by atoms with van der Waals surface area (Å²) in [4.78, 5) is 24.5. The van der Waals surface area contributed by atoms with Crippen molar-refractivity contribution in [3.05, 3.63) is 0 Å². The molecule has 0 aromatic heterocycles. The third-order valence-corrected chi connectivity index (χ3v) is 3.18. The first-order chi connectivity index (χ1) is 8.15. The lowest BCUT2D eigenvalue weighted by atomic mass is 9.97. The van der Waals surface area contributed by atoms with E-state index in [2.05, 4.69) is 15.5 Å². The highest BCUT2D eigenvalue weighted by Crippen LogP contribution is 2.15. The molecule has 0 saturated carbocycles. The number of nitrogens with two attached hydrogens (primary N) is 1. The Kier molecular flexibility index (Phi) is 5.93. The van der Waals surface area contributed by atoms with Crippen LogP contribution in [0.1, 0.15) is 19.3 Å². The largest absolute Gasteiger partial charge is 0.341 e. The molecule has 0 spiro atoms. The molecule has 0 aromatic carbocycles. The van der Waals surface area contributed by atoms with Crippen molar-refractivity contribution in [1.82, 2.24) is 15.5 Å². The van der Waals surface area contributed by atoms with Crippen molar-refractivity contribution in [1.29, 1.82) is 0 Å². The van der Waals surface area contributed by atoms with E-state index < -0.39 is 6.03 Å². The second kappa shape index (κ2) is 7.24. The minimum absolute atomic E-state index is 0.231. The molecule has 1 saturated heterocycles. The van der Waals surface area contributed by atoms with Crippen LogP contribution in [0.15, 0.2) is 0 Å². The Hall–Kier alpha value is -1.14. The Balaban J connectivity index is 2.14. The van der Waals surface area contributed by atoms with E-state index in [-0.39, 0.29) is 5.91 Å². The van der Waals surface area contributed by atoms with Gasteiger partial charge in [0.05, 0.1) is 0 Å². The smallest absolute Gasteiger partial charge is 0.321 e. The number of likely N-dealkylation sites (tertiary alicyclic amines) is 1. The molecule has 0 aliphatic carbocycles. The van der Waals surface area contributed by atoms with Gasteiger partial charge in [0.25, 0.3) is 0 Å². The molecule has 1 heterocycles. The number of hydrogen-bond acceptors (Lipinski definition) is 4. The number of piperidine rings is 1. The first kappa shape index (κ1) is 13.9. The lowest BCUT2D eigenvalue weighted by Gasteiger charge is -2.30. The van der Waals surface area contributed by atoms with Crippen LogP contribution in [0.5, 0.6) is 0 Å². The van der Waals surface area contributed by atoms with Crippen molar-refractivity contribution in [3.8, 4) is 0 Å². The van der Waals surface area contributed by atoms with Crippen LogP contribution in [0, 0.1) is 5.92 Å². The first-order valence-electron chi connectivity index (χ1n) is 6.09. The van der Waals surface area contributed by atoms with Crippen LogP contribution < -0.4 is 16.4 Å². The summed E-state index contributed by atoms with van der Waals surface area (Å²) < 4.78 is 0. The van der Waals surface area contributed by atoms with Gasteiger partial charge in [0.2, 0.25) is 5.91 Å². The van der Waals surface area contributed by atoms with Gasteiger partial charge in [-0.05, 0) is 38.4 Å². The van der Waals surface area contributed by atoms with E-state index in [1.165, 1.54) is 7.05 Å². The minimum Gasteiger partial charge on any atom is -0.341 e. The molecule has 3 amide bonds. The average Bonchev–Trinajstić information content (AvgIpc) is 2.36. The Morgan fingerprint density at radius 1 is 1.35 bits per heavy atom. The maximum Gasteiger partial charge on any atom is 0.321 e. The zero-order chi connectivity index (χ0) is 12.7. The van der Waals surface area contributed by atoms with Gasteiger partial charge >= 0.3 is 6.03 Å². The number of amides is 3. The summed E-state index contributed by atoms with van der Waals surface area (Å²) in [5, 5.41) is 4.60. The van der Waals surface area contributed by atoms with Crippen molar-refractivity contribution < 1.29 is 9.59 Å². The van der Waals surface area contributed by atoms with Gasteiger partial charge in [-0.2, -0.15) is 0 Å². The van der Waals surface area contributed by atoms with E-state index in [9.17, 15) is 9.59 Å². The fourth-order valence-electron chi connectivity index (χ4n) is 1.96. The number of urea groups is 1. The Labute approximate surface area is 102 Å².